The van der Waals surface area contributed by atoms with Gasteiger partial charge in [0.15, 0.2) is 0 Å². The average molecular weight is 467 g/mol. The topological polar surface area (TPSA) is 91.1 Å². The molecule has 10 heteroatoms. The van der Waals surface area contributed by atoms with Gasteiger partial charge in [-0.05, 0) is 48.4 Å². The first-order chi connectivity index (χ1) is 16.3. The molecule has 1 N–H and O–H groups in total. The van der Waals surface area contributed by atoms with Crippen LogP contribution in [0.5, 0.6) is 0 Å². The number of aromatic nitrogens is 2. The highest BCUT2D eigenvalue weighted by Crippen LogP contribution is 2.31. The van der Waals surface area contributed by atoms with E-state index < -0.39 is 17.6 Å². The predicted octanol–water partition coefficient (Wildman–Crippen LogP) is 4.43. The maximum Gasteiger partial charge on any atom is 0.416 e. The first kappa shape index (κ1) is 23.2. The number of carbonyl (C=O) groups is 1. The second-order valence-electron chi connectivity index (χ2n) is 7.72. The van der Waals surface area contributed by atoms with E-state index in [4.69, 9.17) is 4.74 Å². The number of benzene rings is 1. The highest BCUT2D eigenvalue weighted by molar-refractivity contribution is 6.03. The summed E-state index contributed by atoms with van der Waals surface area (Å²) in [6, 6.07) is 10.5. The van der Waals surface area contributed by atoms with Crippen LogP contribution in [0.2, 0.25) is 0 Å². The second kappa shape index (κ2) is 9.49. The van der Waals surface area contributed by atoms with Crippen molar-refractivity contribution in [1.82, 2.24) is 9.97 Å². The summed E-state index contributed by atoms with van der Waals surface area (Å²) in [5.41, 5.74) is 1.78. The fourth-order valence-electron chi connectivity index (χ4n) is 3.65. The van der Waals surface area contributed by atoms with Gasteiger partial charge >= 0.3 is 6.18 Å². The number of morpholine rings is 1. The van der Waals surface area contributed by atoms with Crippen LogP contribution in [0.3, 0.4) is 0 Å². The summed E-state index contributed by atoms with van der Waals surface area (Å²) >= 11 is 0. The van der Waals surface area contributed by atoms with E-state index in [0.29, 0.717) is 55.0 Å². The molecule has 1 saturated heterocycles. The van der Waals surface area contributed by atoms with Crippen molar-refractivity contribution in [1.29, 1.82) is 5.26 Å². The highest BCUT2D eigenvalue weighted by atomic mass is 19.4. The van der Waals surface area contributed by atoms with Gasteiger partial charge < -0.3 is 15.0 Å². The Bertz CT molecular complexity index is 1260. The molecule has 1 aliphatic rings. The van der Waals surface area contributed by atoms with Crippen molar-refractivity contribution in [2.24, 2.45) is 0 Å². The van der Waals surface area contributed by atoms with E-state index >= 15 is 0 Å². The number of nitrogens with one attached hydrogen (secondary N) is 1. The molecule has 7 nitrogen and oxygen atoms in total. The molecule has 0 unspecified atom stereocenters. The van der Waals surface area contributed by atoms with Crippen molar-refractivity contribution >= 4 is 17.4 Å². The van der Waals surface area contributed by atoms with Crippen molar-refractivity contribution in [3.05, 3.63) is 71.2 Å². The Morgan fingerprint density at radius 1 is 1.15 bits per heavy atom. The van der Waals surface area contributed by atoms with Crippen molar-refractivity contribution in [3.63, 3.8) is 0 Å². The van der Waals surface area contributed by atoms with Crippen LogP contribution in [0, 0.1) is 18.3 Å². The van der Waals surface area contributed by atoms with Crippen LogP contribution >= 0.6 is 0 Å². The summed E-state index contributed by atoms with van der Waals surface area (Å²) < 4.78 is 44.2. The Balaban J connectivity index is 1.60. The molecule has 1 aliphatic heterocycles. The zero-order chi connectivity index (χ0) is 24.3. The third kappa shape index (κ3) is 5.00. The van der Waals surface area contributed by atoms with E-state index in [2.05, 4.69) is 21.4 Å². The molecule has 0 aliphatic carbocycles. The molecule has 0 atom stereocenters. The number of ether oxygens (including phenoxy) is 1. The lowest BCUT2D eigenvalue weighted by Crippen LogP contribution is -2.37. The molecule has 34 heavy (non-hydrogen) atoms. The molecule has 0 radical (unpaired) electrons. The van der Waals surface area contributed by atoms with Gasteiger partial charge in [-0.2, -0.15) is 18.4 Å². The molecule has 3 heterocycles. The molecule has 0 saturated carbocycles. The molecule has 1 fully saturated rings. The van der Waals surface area contributed by atoms with E-state index in [1.807, 2.05) is 11.8 Å². The van der Waals surface area contributed by atoms with E-state index in [9.17, 15) is 23.2 Å². The number of pyridine rings is 2. The Hall–Kier alpha value is -3.97. The van der Waals surface area contributed by atoms with Gasteiger partial charge in [0.1, 0.15) is 17.6 Å². The number of rotatable bonds is 4. The van der Waals surface area contributed by atoms with Crippen molar-refractivity contribution in [3.8, 4) is 17.2 Å². The minimum atomic E-state index is -4.58. The van der Waals surface area contributed by atoms with Gasteiger partial charge in [0.2, 0.25) is 0 Å². The molecular formula is C24H20F3N5O2. The Kier molecular flexibility index (Phi) is 6.47. The third-order valence-electron chi connectivity index (χ3n) is 5.42. The maximum atomic E-state index is 13.0. The van der Waals surface area contributed by atoms with Gasteiger partial charge in [0.05, 0.1) is 24.3 Å². The van der Waals surface area contributed by atoms with Crippen LogP contribution in [0.1, 0.15) is 27.2 Å². The summed E-state index contributed by atoms with van der Waals surface area (Å²) in [5.74, 6) is -0.174. The number of alkyl halides is 3. The van der Waals surface area contributed by atoms with Gasteiger partial charge in [-0.3, -0.25) is 9.78 Å². The fourth-order valence-corrected chi connectivity index (χ4v) is 3.65. The highest BCUT2D eigenvalue weighted by Gasteiger charge is 2.31. The molecule has 4 rings (SSSR count). The maximum absolute atomic E-state index is 13.0. The van der Waals surface area contributed by atoms with Crippen LogP contribution in [0.15, 0.2) is 48.8 Å². The van der Waals surface area contributed by atoms with Crippen LogP contribution in [0.25, 0.3) is 11.1 Å². The number of nitriles is 1. The van der Waals surface area contributed by atoms with Crippen molar-refractivity contribution < 1.29 is 22.7 Å². The Morgan fingerprint density at radius 2 is 1.91 bits per heavy atom. The minimum absolute atomic E-state index is 0.347. The SMILES string of the molecule is Cc1ccc(NC(=O)c2cc(C(F)(F)F)ccn2)cc1-c1cnc(N2CCOCC2)c(C#N)c1. The second-order valence-corrected chi connectivity index (χ2v) is 7.72. The number of nitrogens with zero attached hydrogens (tertiary/aromatic N) is 4. The summed E-state index contributed by atoms with van der Waals surface area (Å²) in [7, 11) is 0. The van der Waals surface area contributed by atoms with Crippen LogP contribution in [-0.4, -0.2) is 42.2 Å². The number of hydrogen-bond acceptors (Lipinski definition) is 6. The van der Waals surface area contributed by atoms with E-state index in [1.165, 1.54) is 0 Å². The third-order valence-corrected chi connectivity index (χ3v) is 5.42. The molecule has 0 spiro atoms. The first-order valence-corrected chi connectivity index (χ1v) is 10.4. The first-order valence-electron chi connectivity index (χ1n) is 10.4. The molecule has 0 bridgehead atoms. The van der Waals surface area contributed by atoms with Gasteiger partial charge in [0, 0.05) is 36.7 Å². The largest absolute Gasteiger partial charge is 0.416 e. The molecule has 1 aromatic carbocycles. The standard InChI is InChI=1S/C24H20F3N5O2/c1-15-2-3-19(31-23(33)21-11-18(4-5-29-21)24(25,26)27)12-20(15)17-10-16(13-28)22(30-14-17)32-6-8-34-9-7-32/h2-5,10-12,14H,6-9H2,1H3,(H,31,33). The van der Waals surface area contributed by atoms with Crippen LogP contribution in [-0.2, 0) is 10.9 Å². The quantitative estimate of drug-likeness (QED) is 0.611. The zero-order valence-corrected chi connectivity index (χ0v) is 18.2. The molecule has 1 amide bonds. The average Bonchev–Trinajstić information content (AvgIpc) is 2.85. The van der Waals surface area contributed by atoms with E-state index in [1.54, 1.807) is 30.5 Å². The Labute approximate surface area is 193 Å². The number of hydrogen-bond donors (Lipinski definition) is 1. The van der Waals surface area contributed by atoms with Gasteiger partial charge in [-0.15, -0.1) is 0 Å². The fraction of sp³-hybridized carbons (Fsp3) is 0.250. The Morgan fingerprint density at radius 3 is 2.62 bits per heavy atom. The normalized spacial score (nSPS) is 13.9. The van der Waals surface area contributed by atoms with Gasteiger partial charge in [-0.1, -0.05) is 6.07 Å². The van der Waals surface area contributed by atoms with Crippen LogP contribution in [0.4, 0.5) is 24.7 Å². The van der Waals surface area contributed by atoms with Crippen LogP contribution < -0.4 is 10.2 Å². The summed E-state index contributed by atoms with van der Waals surface area (Å²) in [6.45, 7) is 4.29. The lowest BCUT2D eigenvalue weighted by atomic mass is 10.00. The number of amides is 1. The van der Waals surface area contributed by atoms with Gasteiger partial charge in [0.25, 0.3) is 5.91 Å². The van der Waals surface area contributed by atoms with Crippen molar-refractivity contribution in [2.45, 2.75) is 13.1 Å². The van der Waals surface area contributed by atoms with E-state index in [0.717, 1.165) is 23.4 Å². The van der Waals surface area contributed by atoms with Crippen molar-refractivity contribution in [2.75, 3.05) is 36.5 Å². The smallest absolute Gasteiger partial charge is 0.378 e. The van der Waals surface area contributed by atoms with E-state index in [-0.39, 0.29) is 5.69 Å². The summed E-state index contributed by atoms with van der Waals surface area (Å²) in [5, 5.41) is 12.3. The molecular weight excluding hydrogens is 447 g/mol. The number of halogens is 3. The number of anilines is 2. The predicted molar refractivity (Wildman–Crippen MR) is 119 cm³/mol. The molecule has 174 valence electrons. The van der Waals surface area contributed by atoms with Gasteiger partial charge in [-0.25, -0.2) is 4.98 Å². The molecule has 2 aromatic heterocycles. The number of aryl methyl sites for hydroxylation is 1. The zero-order valence-electron chi connectivity index (χ0n) is 18.2. The lowest BCUT2D eigenvalue weighted by Gasteiger charge is -2.28. The summed E-state index contributed by atoms with van der Waals surface area (Å²) in [6.07, 6.45) is -1.97. The lowest BCUT2D eigenvalue weighted by molar-refractivity contribution is -0.137. The molecule has 3 aromatic rings. The monoisotopic (exact) mass is 467 g/mol. The summed E-state index contributed by atoms with van der Waals surface area (Å²) in [4.78, 5) is 22.8. The number of carbonyl (C=O) groups excluding carboxylic acids is 1. The minimum Gasteiger partial charge on any atom is -0.378 e.